The van der Waals surface area contributed by atoms with Gasteiger partial charge < -0.3 is 20.9 Å². The van der Waals surface area contributed by atoms with Crippen molar-refractivity contribution < 1.29 is 4.92 Å². The highest BCUT2D eigenvalue weighted by Gasteiger charge is 2.21. The van der Waals surface area contributed by atoms with Gasteiger partial charge in [0.2, 0.25) is 0 Å². The number of rotatable bonds is 6. The Balaban J connectivity index is 1.48. The fraction of sp³-hybridized carbons (Fsp3) is 0.474. The van der Waals surface area contributed by atoms with E-state index in [-0.39, 0.29) is 11.7 Å². The summed E-state index contributed by atoms with van der Waals surface area (Å²) in [6.45, 7) is 3.89. The fourth-order valence-corrected chi connectivity index (χ4v) is 3.77. The van der Waals surface area contributed by atoms with Gasteiger partial charge in [0.05, 0.1) is 16.8 Å². The third-order valence-corrected chi connectivity index (χ3v) is 5.28. The maximum absolute atomic E-state index is 11.3. The minimum absolute atomic E-state index is 0.000495. The average molecular weight is 383 g/mol. The molecule has 2 aliphatic rings. The van der Waals surface area contributed by atoms with Crippen LogP contribution >= 0.6 is 0 Å². The molecule has 0 radical (unpaired) electrons. The number of pyridine rings is 2. The van der Waals surface area contributed by atoms with Crippen LogP contribution in [-0.4, -0.2) is 47.1 Å². The molecule has 0 amide bonds. The van der Waals surface area contributed by atoms with Crippen molar-refractivity contribution in [2.24, 2.45) is 0 Å². The summed E-state index contributed by atoms with van der Waals surface area (Å²) in [4.78, 5) is 21.9. The Kier molecular flexibility index (Phi) is 5.52. The lowest BCUT2D eigenvalue weighted by Gasteiger charge is -2.29. The first kappa shape index (κ1) is 18.4. The van der Waals surface area contributed by atoms with E-state index >= 15 is 0 Å². The van der Waals surface area contributed by atoms with Gasteiger partial charge in [-0.3, -0.25) is 10.1 Å². The molecule has 1 saturated heterocycles. The van der Waals surface area contributed by atoms with Gasteiger partial charge in [0, 0.05) is 38.3 Å². The molecule has 28 heavy (non-hydrogen) atoms. The van der Waals surface area contributed by atoms with Crippen LogP contribution in [0.25, 0.3) is 0 Å². The van der Waals surface area contributed by atoms with Crippen molar-refractivity contribution in [3.63, 3.8) is 0 Å². The van der Waals surface area contributed by atoms with Crippen LogP contribution in [0.5, 0.6) is 0 Å². The van der Waals surface area contributed by atoms with Gasteiger partial charge >= 0.3 is 5.69 Å². The van der Waals surface area contributed by atoms with E-state index in [1.54, 1.807) is 6.07 Å². The summed E-state index contributed by atoms with van der Waals surface area (Å²) in [7, 11) is 0. The summed E-state index contributed by atoms with van der Waals surface area (Å²) in [6, 6.07) is 5.92. The van der Waals surface area contributed by atoms with Crippen molar-refractivity contribution in [1.82, 2.24) is 15.3 Å². The van der Waals surface area contributed by atoms with Crippen LogP contribution in [0, 0.1) is 10.1 Å². The van der Waals surface area contributed by atoms with Crippen molar-refractivity contribution in [1.29, 1.82) is 0 Å². The fourth-order valence-electron chi connectivity index (χ4n) is 3.77. The smallest absolute Gasteiger partial charge is 0.310 e. The van der Waals surface area contributed by atoms with Crippen LogP contribution in [-0.2, 0) is 0 Å². The van der Waals surface area contributed by atoms with Gasteiger partial charge in [-0.25, -0.2) is 9.97 Å². The first-order valence-corrected chi connectivity index (χ1v) is 9.79. The molecule has 0 bridgehead atoms. The number of aromatic nitrogens is 2. The second-order valence-corrected chi connectivity index (χ2v) is 7.23. The molecule has 1 saturated carbocycles. The Bertz CT molecular complexity index is 816. The summed E-state index contributed by atoms with van der Waals surface area (Å²) in [6.07, 6.45) is 7.54. The van der Waals surface area contributed by atoms with Gasteiger partial charge in [0.25, 0.3) is 0 Å². The molecule has 3 heterocycles. The molecule has 2 aromatic rings. The molecular weight excluding hydrogens is 358 g/mol. The molecule has 0 spiro atoms. The minimum Gasteiger partial charge on any atom is -0.377 e. The van der Waals surface area contributed by atoms with Gasteiger partial charge in [0.15, 0.2) is 0 Å². The van der Waals surface area contributed by atoms with Crippen LogP contribution in [0.2, 0.25) is 0 Å². The topological polar surface area (TPSA) is 108 Å². The highest BCUT2D eigenvalue weighted by molar-refractivity contribution is 5.68. The lowest BCUT2D eigenvalue weighted by atomic mass is 10.2. The largest absolute Gasteiger partial charge is 0.377 e. The van der Waals surface area contributed by atoms with E-state index in [0.717, 1.165) is 57.5 Å². The van der Waals surface area contributed by atoms with Gasteiger partial charge in [-0.05, 0) is 25.0 Å². The van der Waals surface area contributed by atoms with Gasteiger partial charge in [0.1, 0.15) is 23.5 Å². The van der Waals surface area contributed by atoms with Crippen LogP contribution in [0.1, 0.15) is 25.7 Å². The summed E-state index contributed by atoms with van der Waals surface area (Å²) < 4.78 is 0. The van der Waals surface area contributed by atoms with Crippen LogP contribution in [0.4, 0.5) is 28.7 Å². The summed E-state index contributed by atoms with van der Waals surface area (Å²) >= 11 is 0. The first-order chi connectivity index (χ1) is 13.7. The van der Waals surface area contributed by atoms with Gasteiger partial charge in [-0.15, -0.1) is 0 Å². The molecule has 3 N–H and O–H groups in total. The maximum Gasteiger partial charge on any atom is 0.310 e. The zero-order valence-corrected chi connectivity index (χ0v) is 15.7. The molecule has 1 aliphatic heterocycles. The monoisotopic (exact) mass is 383 g/mol. The predicted octanol–water partition coefficient (Wildman–Crippen LogP) is 2.89. The third kappa shape index (κ3) is 4.30. The summed E-state index contributed by atoms with van der Waals surface area (Å²) in [5.41, 5.74) is 1.60. The Morgan fingerprint density at radius 2 is 1.86 bits per heavy atom. The van der Waals surface area contributed by atoms with Crippen molar-refractivity contribution in [3.8, 4) is 0 Å². The number of nitrogens with one attached hydrogen (secondary N) is 3. The normalized spacial score (nSPS) is 17.5. The predicted molar refractivity (Wildman–Crippen MR) is 109 cm³/mol. The van der Waals surface area contributed by atoms with E-state index < -0.39 is 4.92 Å². The number of hydrogen-bond donors (Lipinski definition) is 3. The van der Waals surface area contributed by atoms with E-state index in [4.69, 9.17) is 0 Å². The molecule has 2 aromatic heterocycles. The number of hydrogen-bond acceptors (Lipinski definition) is 8. The molecule has 148 valence electrons. The Morgan fingerprint density at radius 3 is 2.54 bits per heavy atom. The average Bonchev–Trinajstić information content (AvgIpc) is 3.22. The first-order valence-electron chi connectivity index (χ1n) is 9.79. The van der Waals surface area contributed by atoms with E-state index in [1.165, 1.54) is 6.20 Å². The van der Waals surface area contributed by atoms with Crippen molar-refractivity contribution in [2.45, 2.75) is 31.7 Å². The lowest BCUT2D eigenvalue weighted by Crippen LogP contribution is -2.43. The van der Waals surface area contributed by atoms with E-state index in [9.17, 15) is 10.1 Å². The standard InChI is InChI=1S/C19H25N7O2/c27-26(28)17-13-22-19(11-16(17)23-14-3-1-2-4-14)24-18-6-5-15(12-21-18)25-9-7-20-8-10-25/h5-6,11-14,20H,1-4,7-10H2,(H2,21,22,23,24). The Labute approximate surface area is 163 Å². The van der Waals surface area contributed by atoms with Crippen molar-refractivity contribution in [3.05, 3.63) is 40.7 Å². The molecule has 1 aliphatic carbocycles. The highest BCUT2D eigenvalue weighted by Crippen LogP contribution is 2.30. The maximum atomic E-state index is 11.3. The minimum atomic E-state index is -0.394. The summed E-state index contributed by atoms with van der Waals surface area (Å²) in [5.74, 6) is 1.19. The molecule has 9 heteroatoms. The number of nitrogens with zero attached hydrogens (tertiary/aromatic N) is 4. The zero-order valence-electron chi connectivity index (χ0n) is 15.7. The molecule has 0 unspecified atom stereocenters. The number of piperazine rings is 1. The quantitative estimate of drug-likeness (QED) is 0.516. The number of nitro groups is 1. The Hall–Kier alpha value is -2.94. The van der Waals surface area contributed by atoms with E-state index in [0.29, 0.717) is 17.3 Å². The van der Waals surface area contributed by atoms with E-state index in [2.05, 4.69) is 30.8 Å². The molecule has 0 atom stereocenters. The molecule has 9 nitrogen and oxygen atoms in total. The Morgan fingerprint density at radius 1 is 1.11 bits per heavy atom. The zero-order chi connectivity index (χ0) is 19.3. The lowest BCUT2D eigenvalue weighted by molar-refractivity contribution is -0.384. The van der Waals surface area contributed by atoms with Crippen LogP contribution < -0.4 is 20.9 Å². The van der Waals surface area contributed by atoms with Gasteiger partial charge in [-0.1, -0.05) is 12.8 Å². The van der Waals surface area contributed by atoms with Crippen molar-refractivity contribution in [2.75, 3.05) is 41.7 Å². The molecule has 4 rings (SSSR count). The second-order valence-electron chi connectivity index (χ2n) is 7.23. The summed E-state index contributed by atoms with van der Waals surface area (Å²) in [5, 5.41) is 21.1. The van der Waals surface area contributed by atoms with E-state index in [1.807, 2.05) is 18.3 Å². The van der Waals surface area contributed by atoms with Gasteiger partial charge in [-0.2, -0.15) is 0 Å². The van der Waals surface area contributed by atoms with Crippen LogP contribution in [0.15, 0.2) is 30.6 Å². The van der Waals surface area contributed by atoms with Crippen molar-refractivity contribution >= 4 is 28.7 Å². The highest BCUT2D eigenvalue weighted by atomic mass is 16.6. The molecule has 0 aromatic carbocycles. The third-order valence-electron chi connectivity index (χ3n) is 5.28. The van der Waals surface area contributed by atoms with Crippen LogP contribution in [0.3, 0.4) is 0 Å². The molecular formula is C19H25N7O2. The number of anilines is 4. The second kappa shape index (κ2) is 8.39. The SMILES string of the molecule is O=[N+]([O-])c1cnc(Nc2ccc(N3CCNCC3)cn2)cc1NC1CCCC1. The molecule has 2 fully saturated rings.